The summed E-state index contributed by atoms with van der Waals surface area (Å²) in [6, 6.07) is 16.3. The molecule has 1 unspecified atom stereocenters. The molecule has 2 rings (SSSR count). The van der Waals surface area contributed by atoms with Crippen LogP contribution in [0.1, 0.15) is 29.7 Å². The minimum Gasteiger partial charge on any atom is -0.489 e. The van der Waals surface area contributed by atoms with E-state index in [-0.39, 0.29) is 6.04 Å². The fourth-order valence-corrected chi connectivity index (χ4v) is 1.99. The molecule has 0 heterocycles. The molecule has 0 aliphatic heterocycles. The molecule has 0 saturated heterocycles. The summed E-state index contributed by atoms with van der Waals surface area (Å²) >= 11 is 0. The van der Waals surface area contributed by atoms with E-state index in [2.05, 4.69) is 19.1 Å². The molecule has 0 bridgehead atoms. The van der Waals surface area contributed by atoms with E-state index in [0.29, 0.717) is 6.61 Å². The van der Waals surface area contributed by atoms with Crippen molar-refractivity contribution in [3.05, 3.63) is 65.2 Å². The second-order valence-corrected chi connectivity index (χ2v) is 4.58. The van der Waals surface area contributed by atoms with Gasteiger partial charge in [0.1, 0.15) is 12.4 Å². The van der Waals surface area contributed by atoms with Crippen LogP contribution in [-0.4, -0.2) is 0 Å². The molecule has 0 saturated carbocycles. The Bertz CT molecular complexity index is 506. The Labute approximate surface area is 108 Å². The molecule has 18 heavy (non-hydrogen) atoms. The van der Waals surface area contributed by atoms with Crippen LogP contribution in [0.5, 0.6) is 5.75 Å². The Morgan fingerprint density at radius 2 is 1.83 bits per heavy atom. The highest BCUT2D eigenvalue weighted by atomic mass is 16.5. The normalized spacial score (nSPS) is 12.2. The van der Waals surface area contributed by atoms with Gasteiger partial charge in [0.25, 0.3) is 0 Å². The summed E-state index contributed by atoms with van der Waals surface area (Å²) in [4.78, 5) is 0. The van der Waals surface area contributed by atoms with Crippen LogP contribution < -0.4 is 10.5 Å². The van der Waals surface area contributed by atoms with Crippen molar-refractivity contribution in [2.24, 2.45) is 5.73 Å². The van der Waals surface area contributed by atoms with Crippen LogP contribution in [0.4, 0.5) is 0 Å². The highest BCUT2D eigenvalue weighted by Gasteiger charge is 2.04. The number of hydrogen-bond donors (Lipinski definition) is 1. The molecular weight excluding hydrogens is 222 g/mol. The molecule has 2 heteroatoms. The fourth-order valence-electron chi connectivity index (χ4n) is 1.99. The summed E-state index contributed by atoms with van der Waals surface area (Å²) in [5.41, 5.74) is 9.41. The molecule has 0 spiro atoms. The van der Waals surface area contributed by atoms with Crippen molar-refractivity contribution in [1.82, 2.24) is 0 Å². The van der Waals surface area contributed by atoms with Gasteiger partial charge in [0.15, 0.2) is 0 Å². The zero-order valence-electron chi connectivity index (χ0n) is 10.9. The molecule has 2 nitrogen and oxygen atoms in total. The third-order valence-corrected chi connectivity index (χ3v) is 2.98. The van der Waals surface area contributed by atoms with E-state index >= 15 is 0 Å². The largest absolute Gasteiger partial charge is 0.489 e. The SMILES string of the molecule is Cc1cc(OCc2ccccc2)ccc1C(C)N. The maximum absolute atomic E-state index is 5.89. The lowest BCUT2D eigenvalue weighted by molar-refractivity contribution is 0.306. The predicted octanol–water partition coefficient (Wildman–Crippen LogP) is 3.59. The van der Waals surface area contributed by atoms with Crippen molar-refractivity contribution >= 4 is 0 Å². The second-order valence-electron chi connectivity index (χ2n) is 4.58. The van der Waals surface area contributed by atoms with Gasteiger partial charge in [-0.1, -0.05) is 36.4 Å². The minimum atomic E-state index is 0.0631. The van der Waals surface area contributed by atoms with Crippen molar-refractivity contribution in [2.45, 2.75) is 26.5 Å². The van der Waals surface area contributed by atoms with E-state index in [4.69, 9.17) is 10.5 Å². The molecule has 0 radical (unpaired) electrons. The summed E-state index contributed by atoms with van der Waals surface area (Å²) in [6.07, 6.45) is 0. The summed E-state index contributed by atoms with van der Waals surface area (Å²) < 4.78 is 5.77. The first-order valence-corrected chi connectivity index (χ1v) is 6.19. The number of aryl methyl sites for hydroxylation is 1. The quantitative estimate of drug-likeness (QED) is 0.887. The van der Waals surface area contributed by atoms with Crippen LogP contribution in [0.15, 0.2) is 48.5 Å². The van der Waals surface area contributed by atoms with Crippen molar-refractivity contribution in [2.75, 3.05) is 0 Å². The second kappa shape index (κ2) is 5.69. The van der Waals surface area contributed by atoms with E-state index in [1.807, 2.05) is 43.3 Å². The van der Waals surface area contributed by atoms with Crippen molar-refractivity contribution in [1.29, 1.82) is 0 Å². The Morgan fingerprint density at radius 1 is 1.11 bits per heavy atom. The predicted molar refractivity (Wildman–Crippen MR) is 74.6 cm³/mol. The number of rotatable bonds is 4. The van der Waals surface area contributed by atoms with Crippen LogP contribution in [-0.2, 0) is 6.61 Å². The van der Waals surface area contributed by atoms with Crippen molar-refractivity contribution in [3.63, 3.8) is 0 Å². The summed E-state index contributed by atoms with van der Waals surface area (Å²) in [7, 11) is 0. The van der Waals surface area contributed by atoms with E-state index in [1.165, 1.54) is 16.7 Å². The van der Waals surface area contributed by atoms with Crippen LogP contribution >= 0.6 is 0 Å². The van der Waals surface area contributed by atoms with Gasteiger partial charge >= 0.3 is 0 Å². The Morgan fingerprint density at radius 3 is 2.44 bits per heavy atom. The van der Waals surface area contributed by atoms with Gasteiger partial charge in [-0.25, -0.2) is 0 Å². The Kier molecular flexibility index (Phi) is 4.00. The first-order valence-electron chi connectivity index (χ1n) is 6.19. The number of ether oxygens (including phenoxy) is 1. The summed E-state index contributed by atoms with van der Waals surface area (Å²) in [5, 5.41) is 0. The molecule has 0 aliphatic rings. The molecule has 2 N–H and O–H groups in total. The lowest BCUT2D eigenvalue weighted by Gasteiger charge is -2.12. The minimum absolute atomic E-state index is 0.0631. The fraction of sp³-hybridized carbons (Fsp3) is 0.250. The van der Waals surface area contributed by atoms with Gasteiger partial charge in [-0.3, -0.25) is 0 Å². The zero-order chi connectivity index (χ0) is 13.0. The molecule has 2 aromatic rings. The Balaban J connectivity index is 2.05. The summed E-state index contributed by atoms with van der Waals surface area (Å²) in [6.45, 7) is 4.65. The standard InChI is InChI=1S/C16H19NO/c1-12-10-15(8-9-16(12)13(2)17)18-11-14-6-4-3-5-7-14/h3-10,13H,11,17H2,1-2H3. The van der Waals surface area contributed by atoms with Crippen LogP contribution in [0.25, 0.3) is 0 Å². The van der Waals surface area contributed by atoms with Gasteiger partial charge in [-0.05, 0) is 42.7 Å². The first-order chi connectivity index (χ1) is 8.66. The van der Waals surface area contributed by atoms with Crippen molar-refractivity contribution in [3.8, 4) is 5.75 Å². The molecule has 0 aliphatic carbocycles. The summed E-state index contributed by atoms with van der Waals surface area (Å²) in [5.74, 6) is 0.890. The molecule has 0 aromatic heterocycles. The van der Waals surface area contributed by atoms with Crippen LogP contribution in [0.2, 0.25) is 0 Å². The topological polar surface area (TPSA) is 35.2 Å². The van der Waals surface area contributed by atoms with Gasteiger partial charge < -0.3 is 10.5 Å². The smallest absolute Gasteiger partial charge is 0.120 e. The molecule has 1 atom stereocenters. The van der Waals surface area contributed by atoms with Gasteiger partial charge in [-0.2, -0.15) is 0 Å². The Hall–Kier alpha value is -1.80. The molecule has 0 amide bonds. The van der Waals surface area contributed by atoms with E-state index in [1.54, 1.807) is 0 Å². The van der Waals surface area contributed by atoms with E-state index in [0.717, 1.165) is 5.75 Å². The molecular formula is C16H19NO. The zero-order valence-corrected chi connectivity index (χ0v) is 10.9. The number of hydrogen-bond acceptors (Lipinski definition) is 2. The first kappa shape index (κ1) is 12.7. The van der Waals surface area contributed by atoms with Gasteiger partial charge in [0, 0.05) is 6.04 Å². The molecule has 2 aromatic carbocycles. The highest BCUT2D eigenvalue weighted by Crippen LogP contribution is 2.21. The monoisotopic (exact) mass is 241 g/mol. The maximum atomic E-state index is 5.89. The van der Waals surface area contributed by atoms with Gasteiger partial charge in [-0.15, -0.1) is 0 Å². The lowest BCUT2D eigenvalue weighted by atomic mass is 10.0. The van der Waals surface area contributed by atoms with Crippen LogP contribution in [0.3, 0.4) is 0 Å². The van der Waals surface area contributed by atoms with Gasteiger partial charge in [0.05, 0.1) is 0 Å². The van der Waals surface area contributed by atoms with Crippen molar-refractivity contribution < 1.29 is 4.74 Å². The average Bonchev–Trinajstić information content (AvgIpc) is 2.37. The van der Waals surface area contributed by atoms with E-state index in [9.17, 15) is 0 Å². The lowest BCUT2D eigenvalue weighted by Crippen LogP contribution is -2.07. The highest BCUT2D eigenvalue weighted by molar-refractivity contribution is 5.36. The molecule has 0 fully saturated rings. The van der Waals surface area contributed by atoms with Gasteiger partial charge in [0.2, 0.25) is 0 Å². The number of benzene rings is 2. The average molecular weight is 241 g/mol. The number of nitrogens with two attached hydrogens (primary N) is 1. The van der Waals surface area contributed by atoms with E-state index < -0.39 is 0 Å². The molecule has 94 valence electrons. The third-order valence-electron chi connectivity index (χ3n) is 2.98. The maximum Gasteiger partial charge on any atom is 0.120 e. The third kappa shape index (κ3) is 3.11. The van der Waals surface area contributed by atoms with Crippen LogP contribution in [0, 0.1) is 6.92 Å².